The molecule has 0 aliphatic carbocycles. The number of halogens is 2. The molecule has 0 unspecified atom stereocenters. The topological polar surface area (TPSA) is 17.0 Å². The molecule has 0 aliphatic rings. The Balaban J connectivity index is 2.19. The summed E-state index contributed by atoms with van der Waals surface area (Å²) in [5.41, 5.74) is 5.57. The van der Waals surface area contributed by atoms with Crippen LogP contribution in [0.3, 0.4) is 0 Å². The molecule has 19 heavy (non-hydrogen) atoms. The third kappa shape index (κ3) is 2.84. The summed E-state index contributed by atoms with van der Waals surface area (Å²) in [5.74, 6) is -0.242. The second-order valence-corrected chi connectivity index (χ2v) is 5.74. The number of hydrogen-bond acceptors (Lipinski definition) is 1. The summed E-state index contributed by atoms with van der Waals surface area (Å²) in [7, 11) is 2.05. The first-order chi connectivity index (χ1) is 8.90. The number of nitrogens with one attached hydrogen (secondary N) is 1. The van der Waals surface area contributed by atoms with E-state index >= 15 is 0 Å². The number of aromatic nitrogens is 1. The maximum absolute atomic E-state index is 13.5. The molecular formula is C15H18BrFN2. The number of nitrogens with zero attached hydrogens (tertiary/aromatic N) is 1. The van der Waals surface area contributed by atoms with Crippen LogP contribution in [-0.2, 0) is 13.6 Å². The van der Waals surface area contributed by atoms with Gasteiger partial charge in [0.15, 0.2) is 0 Å². The van der Waals surface area contributed by atoms with Crippen molar-refractivity contribution in [2.24, 2.45) is 7.05 Å². The van der Waals surface area contributed by atoms with E-state index < -0.39 is 0 Å². The van der Waals surface area contributed by atoms with Gasteiger partial charge in [0, 0.05) is 30.7 Å². The second kappa shape index (κ2) is 5.37. The molecule has 1 aromatic carbocycles. The summed E-state index contributed by atoms with van der Waals surface area (Å²) in [6.45, 7) is 6.85. The van der Waals surface area contributed by atoms with Gasteiger partial charge in [0.2, 0.25) is 0 Å². The van der Waals surface area contributed by atoms with Gasteiger partial charge in [0.25, 0.3) is 0 Å². The van der Waals surface area contributed by atoms with Gasteiger partial charge in [-0.15, -0.1) is 0 Å². The van der Waals surface area contributed by atoms with Crippen LogP contribution < -0.4 is 5.32 Å². The zero-order valence-electron chi connectivity index (χ0n) is 11.6. The second-order valence-electron chi connectivity index (χ2n) is 4.89. The molecule has 0 fully saturated rings. The van der Waals surface area contributed by atoms with Gasteiger partial charge in [-0.05, 0) is 66.0 Å². The molecule has 0 bridgehead atoms. The molecule has 1 heterocycles. The lowest BCUT2D eigenvalue weighted by Crippen LogP contribution is -2.03. The summed E-state index contributed by atoms with van der Waals surface area (Å²) in [4.78, 5) is 0. The molecule has 0 amide bonds. The third-order valence-corrected chi connectivity index (χ3v) is 4.22. The smallest absolute Gasteiger partial charge is 0.139 e. The van der Waals surface area contributed by atoms with Crippen LogP contribution in [0.5, 0.6) is 0 Å². The van der Waals surface area contributed by atoms with Crippen molar-refractivity contribution in [2.45, 2.75) is 27.3 Å². The Hall–Kier alpha value is -1.29. The molecule has 1 N–H and O–H groups in total. The number of anilines is 1. The first-order valence-electron chi connectivity index (χ1n) is 6.21. The zero-order valence-corrected chi connectivity index (χ0v) is 13.2. The third-order valence-electron chi connectivity index (χ3n) is 3.62. The minimum absolute atomic E-state index is 0.242. The molecule has 2 aromatic rings. The Morgan fingerprint density at radius 2 is 1.89 bits per heavy atom. The molecule has 1 aromatic heterocycles. The molecule has 2 rings (SSSR count). The Bertz CT molecular complexity index is 617. The molecule has 0 saturated carbocycles. The van der Waals surface area contributed by atoms with Crippen LogP contribution in [-0.4, -0.2) is 4.57 Å². The zero-order chi connectivity index (χ0) is 14.2. The van der Waals surface area contributed by atoms with Crippen molar-refractivity contribution in [3.05, 3.63) is 51.0 Å². The summed E-state index contributed by atoms with van der Waals surface area (Å²) in [5, 5.41) is 3.30. The van der Waals surface area contributed by atoms with Crippen LogP contribution in [0.1, 0.15) is 22.5 Å². The summed E-state index contributed by atoms with van der Waals surface area (Å²) < 4.78 is 16.2. The Morgan fingerprint density at radius 3 is 2.47 bits per heavy atom. The van der Waals surface area contributed by atoms with E-state index in [1.165, 1.54) is 23.0 Å². The van der Waals surface area contributed by atoms with Crippen LogP contribution in [0.4, 0.5) is 10.1 Å². The van der Waals surface area contributed by atoms with E-state index in [9.17, 15) is 4.39 Å². The van der Waals surface area contributed by atoms with Gasteiger partial charge >= 0.3 is 0 Å². The van der Waals surface area contributed by atoms with E-state index in [1.54, 1.807) is 6.07 Å². The predicted molar refractivity (Wildman–Crippen MR) is 81.1 cm³/mol. The van der Waals surface area contributed by atoms with Crippen LogP contribution in [0, 0.1) is 26.6 Å². The monoisotopic (exact) mass is 324 g/mol. The largest absolute Gasteiger partial charge is 0.381 e. The molecule has 4 heteroatoms. The molecule has 102 valence electrons. The van der Waals surface area contributed by atoms with Crippen LogP contribution in [0.2, 0.25) is 0 Å². The van der Waals surface area contributed by atoms with Gasteiger partial charge < -0.3 is 9.88 Å². The molecule has 0 saturated heterocycles. The molecule has 2 nitrogen and oxygen atoms in total. The first kappa shape index (κ1) is 14.1. The van der Waals surface area contributed by atoms with Crippen LogP contribution >= 0.6 is 15.9 Å². The van der Waals surface area contributed by atoms with Gasteiger partial charge in [-0.2, -0.15) is 0 Å². The number of aryl methyl sites for hydroxylation is 2. The van der Waals surface area contributed by atoms with Crippen LogP contribution in [0.15, 0.2) is 22.7 Å². The normalized spacial score (nSPS) is 10.8. The van der Waals surface area contributed by atoms with Crippen molar-refractivity contribution in [2.75, 3.05) is 5.32 Å². The fraction of sp³-hybridized carbons (Fsp3) is 0.333. The lowest BCUT2D eigenvalue weighted by atomic mass is 10.2. The standard InChI is InChI=1S/C15H18BrFN2/c1-9-5-13(16)14(17)7-15(9)18-8-12-6-10(2)19(4)11(12)3/h5-7,18H,8H2,1-4H3. The van der Waals surface area contributed by atoms with Crippen LogP contribution in [0.25, 0.3) is 0 Å². The van der Waals surface area contributed by atoms with E-state index in [-0.39, 0.29) is 5.82 Å². The maximum atomic E-state index is 13.5. The highest BCUT2D eigenvalue weighted by Crippen LogP contribution is 2.25. The highest BCUT2D eigenvalue weighted by Gasteiger charge is 2.08. The average molecular weight is 325 g/mol. The van der Waals surface area contributed by atoms with E-state index in [0.717, 1.165) is 11.3 Å². The van der Waals surface area contributed by atoms with E-state index in [0.29, 0.717) is 11.0 Å². The minimum Gasteiger partial charge on any atom is -0.381 e. The number of hydrogen-bond donors (Lipinski definition) is 1. The average Bonchev–Trinajstić information content (AvgIpc) is 2.60. The van der Waals surface area contributed by atoms with Gasteiger partial charge in [0.05, 0.1) is 4.47 Å². The van der Waals surface area contributed by atoms with Crippen molar-refractivity contribution in [3.63, 3.8) is 0 Å². The van der Waals surface area contributed by atoms with Crippen molar-refractivity contribution < 1.29 is 4.39 Å². The Labute approximate surface area is 121 Å². The minimum atomic E-state index is -0.242. The molecule has 0 radical (unpaired) electrons. The number of rotatable bonds is 3. The van der Waals surface area contributed by atoms with Gasteiger partial charge in [-0.1, -0.05) is 0 Å². The van der Waals surface area contributed by atoms with Gasteiger partial charge in [-0.3, -0.25) is 0 Å². The fourth-order valence-electron chi connectivity index (χ4n) is 2.14. The summed E-state index contributed by atoms with van der Waals surface area (Å²) in [6, 6.07) is 5.48. The molecule has 0 atom stereocenters. The Morgan fingerprint density at radius 1 is 1.21 bits per heavy atom. The first-order valence-corrected chi connectivity index (χ1v) is 7.00. The maximum Gasteiger partial charge on any atom is 0.139 e. The van der Waals surface area contributed by atoms with E-state index in [1.807, 2.05) is 6.92 Å². The van der Waals surface area contributed by atoms with Crippen molar-refractivity contribution in [1.29, 1.82) is 0 Å². The lowest BCUT2D eigenvalue weighted by molar-refractivity contribution is 0.621. The van der Waals surface area contributed by atoms with Crippen molar-refractivity contribution in [1.82, 2.24) is 4.57 Å². The van der Waals surface area contributed by atoms with E-state index in [4.69, 9.17) is 0 Å². The lowest BCUT2D eigenvalue weighted by Gasteiger charge is -2.11. The Kier molecular flexibility index (Phi) is 3.99. The number of benzene rings is 1. The quantitative estimate of drug-likeness (QED) is 0.881. The van der Waals surface area contributed by atoms with Crippen molar-refractivity contribution in [3.8, 4) is 0 Å². The predicted octanol–water partition coefficient (Wildman–Crippen LogP) is 4.46. The molecule has 0 spiro atoms. The molecule has 0 aliphatic heterocycles. The summed E-state index contributed by atoms with van der Waals surface area (Å²) >= 11 is 3.19. The fourth-order valence-corrected chi connectivity index (χ4v) is 2.60. The SMILES string of the molecule is Cc1cc(Br)c(F)cc1NCc1cc(C)n(C)c1C. The summed E-state index contributed by atoms with van der Waals surface area (Å²) in [6.07, 6.45) is 0. The highest BCUT2D eigenvalue weighted by atomic mass is 79.9. The van der Waals surface area contributed by atoms with Gasteiger partial charge in [-0.25, -0.2) is 4.39 Å². The van der Waals surface area contributed by atoms with Crippen molar-refractivity contribution >= 4 is 21.6 Å². The van der Waals surface area contributed by atoms with E-state index in [2.05, 4.69) is 52.8 Å². The van der Waals surface area contributed by atoms with Gasteiger partial charge in [0.1, 0.15) is 5.82 Å². The molecular weight excluding hydrogens is 307 g/mol. The highest BCUT2D eigenvalue weighted by molar-refractivity contribution is 9.10.